The molecule has 0 aliphatic heterocycles. The molecule has 1 unspecified atom stereocenters. The second-order valence-corrected chi connectivity index (χ2v) is 6.96. The van der Waals surface area contributed by atoms with Gasteiger partial charge in [0.05, 0.1) is 33.3 Å². The van der Waals surface area contributed by atoms with Crippen molar-refractivity contribution in [2.45, 2.75) is 17.8 Å². The molecule has 3 aromatic heterocycles. The van der Waals surface area contributed by atoms with E-state index in [0.717, 1.165) is 28.0 Å². The molecule has 1 atom stereocenters. The Bertz CT molecular complexity index is 1020. The Morgan fingerprint density at radius 2 is 2.00 bits per heavy atom. The molecule has 3 heterocycles. The van der Waals surface area contributed by atoms with Crippen LogP contribution in [0.1, 0.15) is 11.3 Å². The highest BCUT2D eigenvalue weighted by atomic mass is 32.2. The van der Waals surface area contributed by atoms with Gasteiger partial charge >= 0.3 is 0 Å². The summed E-state index contributed by atoms with van der Waals surface area (Å²) in [7, 11) is -1.26. The summed E-state index contributed by atoms with van der Waals surface area (Å²) in [4.78, 5) is 12.0. The van der Waals surface area contributed by atoms with Crippen LogP contribution in [0.25, 0.3) is 16.7 Å². The van der Waals surface area contributed by atoms with Gasteiger partial charge in [0.1, 0.15) is 0 Å². The topological polar surface area (TPSA) is 63.6 Å². The molecule has 1 N–H and O–H groups in total. The predicted molar refractivity (Wildman–Crippen MR) is 94.5 cm³/mol. The number of hydrogen-bond acceptors (Lipinski definition) is 3. The van der Waals surface area contributed by atoms with Gasteiger partial charge in [0.2, 0.25) is 0 Å². The molecule has 0 radical (unpaired) electrons. The van der Waals surface area contributed by atoms with Crippen LogP contribution in [0.4, 0.5) is 0 Å². The van der Waals surface area contributed by atoms with Crippen LogP contribution >= 0.6 is 0 Å². The van der Waals surface area contributed by atoms with Crippen molar-refractivity contribution >= 4 is 21.8 Å². The number of benzene rings is 1. The molecule has 0 amide bonds. The van der Waals surface area contributed by atoms with E-state index in [1.807, 2.05) is 66.3 Å². The number of fused-ring (bicyclic) bond motifs is 1. The van der Waals surface area contributed by atoms with Crippen molar-refractivity contribution in [2.75, 3.05) is 0 Å². The van der Waals surface area contributed by atoms with Crippen molar-refractivity contribution in [2.24, 2.45) is 0 Å². The third-order valence-corrected chi connectivity index (χ3v) is 5.11. The van der Waals surface area contributed by atoms with E-state index in [9.17, 15) is 4.21 Å². The quantitative estimate of drug-likeness (QED) is 0.621. The van der Waals surface area contributed by atoms with E-state index in [0.29, 0.717) is 10.9 Å². The molecule has 1 aromatic carbocycles. The molecule has 6 heteroatoms. The van der Waals surface area contributed by atoms with E-state index in [4.69, 9.17) is 0 Å². The number of nitrogens with one attached hydrogen (secondary N) is 1. The zero-order valence-electron chi connectivity index (χ0n) is 13.1. The third-order valence-electron chi connectivity index (χ3n) is 3.95. The molecule has 0 saturated carbocycles. The molecule has 4 aromatic rings. The van der Waals surface area contributed by atoms with Crippen molar-refractivity contribution in [1.29, 1.82) is 0 Å². The second-order valence-electron chi connectivity index (χ2n) is 5.59. The van der Waals surface area contributed by atoms with Crippen molar-refractivity contribution in [1.82, 2.24) is 19.5 Å². The van der Waals surface area contributed by atoms with Crippen LogP contribution in [0.2, 0.25) is 0 Å². The maximum atomic E-state index is 12.6. The number of aryl methyl sites for hydroxylation is 1. The second kappa shape index (κ2) is 6.05. The van der Waals surface area contributed by atoms with E-state index in [1.54, 1.807) is 6.20 Å². The molecular weight excluding hydrogens is 320 g/mol. The van der Waals surface area contributed by atoms with Gasteiger partial charge in [-0.1, -0.05) is 6.07 Å². The van der Waals surface area contributed by atoms with Gasteiger partial charge in [-0.15, -0.1) is 0 Å². The maximum Gasteiger partial charge on any atom is 0.197 e. The minimum atomic E-state index is -1.26. The molecule has 0 aliphatic carbocycles. The molecule has 0 saturated heterocycles. The fourth-order valence-corrected chi connectivity index (χ4v) is 3.72. The lowest BCUT2D eigenvalue weighted by molar-refractivity contribution is 0.676. The maximum absolute atomic E-state index is 12.6. The van der Waals surface area contributed by atoms with Gasteiger partial charge in [0.15, 0.2) is 5.16 Å². The fraction of sp³-hybridized carbons (Fsp3) is 0.111. The summed E-state index contributed by atoms with van der Waals surface area (Å²) in [6, 6.07) is 13.8. The lowest BCUT2D eigenvalue weighted by Gasteiger charge is -2.02. The summed E-state index contributed by atoms with van der Waals surface area (Å²) in [6.45, 7) is 1.97. The van der Waals surface area contributed by atoms with Gasteiger partial charge in [-0.2, -0.15) is 0 Å². The van der Waals surface area contributed by atoms with Crippen LogP contribution in [-0.2, 0) is 16.6 Å². The Morgan fingerprint density at radius 1 is 1.17 bits per heavy atom. The molecule has 120 valence electrons. The van der Waals surface area contributed by atoms with E-state index in [-0.39, 0.29) is 0 Å². The molecule has 24 heavy (non-hydrogen) atoms. The normalized spacial score (nSPS) is 12.5. The van der Waals surface area contributed by atoms with Crippen molar-refractivity contribution in [3.63, 3.8) is 0 Å². The van der Waals surface area contributed by atoms with Crippen molar-refractivity contribution in [3.8, 4) is 5.69 Å². The van der Waals surface area contributed by atoms with Gasteiger partial charge in [0, 0.05) is 24.3 Å². The monoisotopic (exact) mass is 336 g/mol. The Hall–Kier alpha value is -2.73. The smallest absolute Gasteiger partial charge is 0.197 e. The number of hydrogen-bond donors (Lipinski definition) is 1. The minimum absolute atomic E-state index is 0.358. The Kier molecular flexibility index (Phi) is 3.74. The summed E-state index contributed by atoms with van der Waals surface area (Å²) < 4.78 is 14.6. The first-order valence-electron chi connectivity index (χ1n) is 7.63. The number of pyridine rings is 1. The Balaban J connectivity index is 1.65. The van der Waals surface area contributed by atoms with Gasteiger partial charge in [-0.3, -0.25) is 9.19 Å². The average molecular weight is 336 g/mol. The summed E-state index contributed by atoms with van der Waals surface area (Å²) in [5.74, 6) is 0.358. The highest BCUT2D eigenvalue weighted by molar-refractivity contribution is 7.84. The Labute approximate surface area is 141 Å². The molecule has 0 bridgehead atoms. The van der Waals surface area contributed by atoms with Crippen LogP contribution in [0.15, 0.2) is 66.2 Å². The summed E-state index contributed by atoms with van der Waals surface area (Å²) in [5, 5.41) is 0.486. The third kappa shape index (κ3) is 2.76. The van der Waals surface area contributed by atoms with Crippen LogP contribution in [-0.4, -0.2) is 23.7 Å². The largest absolute Gasteiger partial charge is 0.331 e. The number of imidazole rings is 1. The first-order chi connectivity index (χ1) is 11.7. The highest BCUT2D eigenvalue weighted by Gasteiger charge is 2.13. The predicted octanol–water partition coefficient (Wildman–Crippen LogP) is 3.36. The van der Waals surface area contributed by atoms with Crippen LogP contribution in [0.5, 0.6) is 0 Å². The van der Waals surface area contributed by atoms with E-state index in [2.05, 4.69) is 15.0 Å². The van der Waals surface area contributed by atoms with Gasteiger partial charge in [-0.05, 0) is 48.9 Å². The SMILES string of the molecule is Cc1cccnc1CS(=O)c1nc2ccc(-n3cccc3)cc2[nH]1. The average Bonchev–Trinajstić information content (AvgIpc) is 3.25. The highest BCUT2D eigenvalue weighted by Crippen LogP contribution is 2.19. The minimum Gasteiger partial charge on any atom is -0.331 e. The molecule has 0 aliphatic rings. The van der Waals surface area contributed by atoms with E-state index in [1.165, 1.54) is 0 Å². The number of H-pyrrole nitrogens is 1. The standard InChI is InChI=1S/C18H16N4OS/c1-13-5-4-8-19-17(13)12-24(23)18-20-15-7-6-14(11-16(15)21-18)22-9-2-3-10-22/h2-11H,12H2,1H3,(H,20,21). The van der Waals surface area contributed by atoms with Crippen molar-refractivity contribution < 1.29 is 4.21 Å². The zero-order chi connectivity index (χ0) is 16.5. The van der Waals surface area contributed by atoms with Crippen molar-refractivity contribution in [3.05, 3.63) is 72.3 Å². The summed E-state index contributed by atoms with van der Waals surface area (Å²) in [5.41, 5.74) is 4.60. The van der Waals surface area contributed by atoms with Gasteiger partial charge < -0.3 is 9.55 Å². The van der Waals surface area contributed by atoms with Crippen LogP contribution < -0.4 is 0 Å². The fourth-order valence-electron chi connectivity index (χ4n) is 2.61. The number of nitrogens with zero attached hydrogens (tertiary/aromatic N) is 3. The summed E-state index contributed by atoms with van der Waals surface area (Å²) in [6.07, 6.45) is 5.70. The molecule has 0 fully saturated rings. The summed E-state index contributed by atoms with van der Waals surface area (Å²) >= 11 is 0. The molecule has 5 nitrogen and oxygen atoms in total. The first-order valence-corrected chi connectivity index (χ1v) is 8.94. The molecular formula is C18H16N4OS. The lowest BCUT2D eigenvalue weighted by atomic mass is 10.2. The Morgan fingerprint density at radius 3 is 2.79 bits per heavy atom. The number of aromatic amines is 1. The number of aromatic nitrogens is 4. The lowest BCUT2D eigenvalue weighted by Crippen LogP contribution is -2.02. The van der Waals surface area contributed by atoms with Gasteiger partial charge in [-0.25, -0.2) is 4.98 Å². The number of rotatable bonds is 4. The van der Waals surface area contributed by atoms with E-state index < -0.39 is 10.8 Å². The van der Waals surface area contributed by atoms with Gasteiger partial charge in [0.25, 0.3) is 0 Å². The van der Waals surface area contributed by atoms with E-state index >= 15 is 0 Å². The molecule has 0 spiro atoms. The van der Waals surface area contributed by atoms with Crippen LogP contribution in [0.3, 0.4) is 0 Å². The van der Waals surface area contributed by atoms with Crippen LogP contribution in [0, 0.1) is 6.92 Å². The zero-order valence-corrected chi connectivity index (χ0v) is 14.0. The molecule has 4 rings (SSSR count). The first kappa shape index (κ1) is 14.8.